The molecule has 1 atom stereocenters. The number of hydrogen-bond donors (Lipinski definition) is 0. The van der Waals surface area contributed by atoms with E-state index < -0.39 is 51.1 Å². The Morgan fingerprint density at radius 2 is 0.918 bits per heavy atom. The van der Waals surface area contributed by atoms with Gasteiger partial charge in [0.05, 0.1) is 19.2 Å². The predicted molar refractivity (Wildman–Crippen MR) is 237 cm³/mol. The molecule has 0 aromatic carbocycles. The molecule has 0 bridgehead atoms. The zero-order chi connectivity index (χ0) is 38.2. The van der Waals surface area contributed by atoms with Gasteiger partial charge in [-0.2, -0.15) is 0 Å². The lowest BCUT2D eigenvalue weighted by atomic mass is 9.45. The maximum atomic E-state index is 7.52. The van der Waals surface area contributed by atoms with Gasteiger partial charge in [0.1, 0.15) is 83.9 Å². The molecule has 0 aromatic rings. The second kappa shape index (κ2) is 19.3. The first kappa shape index (κ1) is 48.4. The van der Waals surface area contributed by atoms with Crippen LogP contribution in [0.3, 0.4) is 0 Å². The van der Waals surface area contributed by atoms with Crippen LogP contribution in [-0.4, -0.2) is 124 Å². The minimum atomic E-state index is -2.08. The van der Waals surface area contributed by atoms with Gasteiger partial charge in [0.15, 0.2) is 0 Å². The molecule has 0 radical (unpaired) electrons. The molecule has 1 aliphatic carbocycles. The average molecular weight is 864 g/mol. The Bertz CT molecular complexity index is 1020. The molecule has 1 aliphatic rings. The molecule has 1 unspecified atom stereocenters. The topological polar surface area (TPSA) is 83.1 Å². The van der Waals surface area contributed by atoms with Crippen molar-refractivity contribution in [2.45, 2.75) is 162 Å². The lowest BCUT2D eigenvalue weighted by molar-refractivity contribution is -0.531. The van der Waals surface area contributed by atoms with Gasteiger partial charge in [0, 0.05) is 5.41 Å². The molecule has 19 heteroatoms. The van der Waals surface area contributed by atoms with E-state index >= 15 is 0 Å². The van der Waals surface area contributed by atoms with E-state index in [1.807, 2.05) is 0 Å². The molecule has 49 heavy (non-hydrogen) atoms. The quantitative estimate of drug-likeness (QED) is 0.0547. The van der Waals surface area contributed by atoms with E-state index in [-0.39, 0.29) is 5.41 Å². The van der Waals surface area contributed by atoms with E-state index in [4.69, 9.17) is 39.8 Å². The average Bonchev–Trinajstić information content (AvgIpc) is 3.02. The van der Waals surface area contributed by atoms with Crippen LogP contribution in [0.15, 0.2) is 11.0 Å². The van der Waals surface area contributed by atoms with Gasteiger partial charge < -0.3 is 39.8 Å². The van der Waals surface area contributed by atoms with Crippen molar-refractivity contribution in [1.29, 1.82) is 0 Å². The first-order valence-corrected chi connectivity index (χ1v) is 31.4. The monoisotopic (exact) mass is 862 g/mol. The fraction of sp³-hybridized carbons (Fsp3) is 0.933. The molecule has 0 spiro atoms. The van der Waals surface area contributed by atoms with E-state index in [2.05, 4.69) is 74.3 Å². The van der Waals surface area contributed by atoms with Gasteiger partial charge in [0.2, 0.25) is 20.6 Å². The van der Waals surface area contributed by atoms with E-state index in [1.54, 1.807) is 0 Å². The Balaban J connectivity index is 4.66. The van der Waals surface area contributed by atoms with Crippen molar-refractivity contribution in [2.75, 3.05) is 0 Å². The molecule has 1 saturated carbocycles. The molecule has 9 nitrogen and oxygen atoms in total. The Morgan fingerprint density at radius 3 is 1.22 bits per heavy atom. The van der Waals surface area contributed by atoms with Crippen molar-refractivity contribution in [2.24, 2.45) is 16.2 Å². The first-order valence-electron chi connectivity index (χ1n) is 18.6. The van der Waals surface area contributed by atoms with Gasteiger partial charge in [-0.15, -0.1) is 0 Å². The molecule has 0 heterocycles. The minimum Gasteiger partial charge on any atom is -0.550 e. The molecular formula is C30H78O9Si10. The standard InChI is InChI=1S/C30H78O9Si10/c1-12-13-14-15-16-17-18-19-20-21-26(22(31-48(7)8)23(24(2,3)4)49(9,10)11)25(5,6)27(32-40,33-41)29(36-44,37-45)30(38-46,39-47)28(26,34-42)35-43/h48H,12-21H2,1-11,40-47H3. The summed E-state index contributed by atoms with van der Waals surface area (Å²) in [6.07, 6.45) is 11.8. The van der Waals surface area contributed by atoms with E-state index in [9.17, 15) is 0 Å². The second-order valence-electron chi connectivity index (χ2n) is 16.6. The maximum absolute atomic E-state index is 7.52. The van der Waals surface area contributed by atoms with Crippen LogP contribution in [0.2, 0.25) is 32.7 Å². The summed E-state index contributed by atoms with van der Waals surface area (Å²) in [5.41, 5.74) is -1.99. The second-order valence-corrected chi connectivity index (χ2v) is 27.2. The Hall–Kier alpha value is 1.39. The Labute approximate surface area is 327 Å². The lowest BCUT2D eigenvalue weighted by Crippen LogP contribution is -2.93. The summed E-state index contributed by atoms with van der Waals surface area (Å²) in [6, 6.07) is 0. The fourth-order valence-electron chi connectivity index (χ4n) is 9.76. The van der Waals surface area contributed by atoms with Crippen LogP contribution in [-0.2, 0) is 39.8 Å². The van der Waals surface area contributed by atoms with Gasteiger partial charge in [0.25, 0.3) is 11.6 Å². The largest absolute Gasteiger partial charge is 0.550 e. The third kappa shape index (κ3) is 8.05. The van der Waals surface area contributed by atoms with Crippen molar-refractivity contribution in [1.82, 2.24) is 0 Å². The van der Waals surface area contributed by atoms with Crippen LogP contribution in [0.25, 0.3) is 0 Å². The van der Waals surface area contributed by atoms with Gasteiger partial charge in [-0.05, 0) is 30.1 Å². The van der Waals surface area contributed by atoms with Crippen LogP contribution < -0.4 is 0 Å². The maximum Gasteiger partial charge on any atom is 0.262 e. The van der Waals surface area contributed by atoms with Crippen LogP contribution in [0.1, 0.15) is 106 Å². The van der Waals surface area contributed by atoms with Crippen LogP contribution in [0.5, 0.6) is 0 Å². The molecular weight excluding hydrogens is 785 g/mol. The number of rotatable bonds is 22. The normalized spacial score (nSPS) is 31.8. The summed E-state index contributed by atoms with van der Waals surface area (Å²) < 4.78 is 62.8. The van der Waals surface area contributed by atoms with Crippen molar-refractivity contribution >= 4 is 101 Å². The highest BCUT2D eigenvalue weighted by atomic mass is 28.3. The van der Waals surface area contributed by atoms with Crippen LogP contribution in [0, 0.1) is 16.2 Å². The van der Waals surface area contributed by atoms with Gasteiger partial charge in [-0.3, -0.25) is 0 Å². The number of hydrogen-bond acceptors (Lipinski definition) is 9. The molecule has 0 aliphatic heterocycles. The van der Waals surface area contributed by atoms with Crippen molar-refractivity contribution in [3.05, 3.63) is 11.0 Å². The summed E-state index contributed by atoms with van der Waals surface area (Å²) in [6.45, 7) is 25.7. The highest BCUT2D eigenvalue weighted by molar-refractivity contribution is 6.83. The van der Waals surface area contributed by atoms with E-state index in [1.165, 1.54) is 50.1 Å². The Kier molecular flexibility index (Phi) is 19.1. The SMILES string of the molecule is CCCCCCCCCCCC1(C(O[SiH](C)C)=C(C(C)(C)C)[Si](C)(C)C)C(C)(C)C(O[SiH3])(O[SiH3])C(O[SiH3])(O[SiH3])C(O[SiH3])(O[SiH3])C1(O[SiH3])O[SiH3]. The lowest BCUT2D eigenvalue weighted by Gasteiger charge is -2.76. The number of allylic oxidation sites excluding steroid dienone is 1. The molecule has 0 saturated heterocycles. The molecule has 1 fully saturated rings. The van der Waals surface area contributed by atoms with Gasteiger partial charge in [-0.1, -0.05) is 119 Å². The molecule has 0 amide bonds. The van der Waals surface area contributed by atoms with Gasteiger partial charge >= 0.3 is 0 Å². The van der Waals surface area contributed by atoms with Crippen molar-refractivity contribution < 1.29 is 39.8 Å². The third-order valence-electron chi connectivity index (χ3n) is 11.2. The van der Waals surface area contributed by atoms with E-state index in [0.717, 1.165) is 25.0 Å². The molecule has 1 rings (SSSR count). The Morgan fingerprint density at radius 1 is 0.571 bits per heavy atom. The fourth-order valence-corrected chi connectivity index (χ4v) is 21.5. The van der Waals surface area contributed by atoms with Crippen LogP contribution >= 0.6 is 0 Å². The van der Waals surface area contributed by atoms with Crippen LogP contribution in [0.4, 0.5) is 0 Å². The third-order valence-corrected chi connectivity index (χ3v) is 19.0. The number of unbranched alkanes of at least 4 members (excludes halogenated alkanes) is 8. The first-order chi connectivity index (χ1) is 22.7. The summed E-state index contributed by atoms with van der Waals surface area (Å²) in [4.78, 5) is 0. The smallest absolute Gasteiger partial charge is 0.262 e. The molecule has 0 aromatic heterocycles. The van der Waals surface area contributed by atoms with Crippen molar-refractivity contribution in [3.63, 3.8) is 0 Å². The highest BCUT2D eigenvalue weighted by Gasteiger charge is 2.91. The van der Waals surface area contributed by atoms with Gasteiger partial charge in [-0.25, -0.2) is 0 Å². The summed E-state index contributed by atoms with van der Waals surface area (Å²) >= 11 is 0. The highest BCUT2D eigenvalue weighted by Crippen LogP contribution is 2.74. The summed E-state index contributed by atoms with van der Waals surface area (Å²) in [5, 5.41) is 1.38. The summed E-state index contributed by atoms with van der Waals surface area (Å²) in [7, 11) is -1.08. The minimum absolute atomic E-state index is 0.192. The predicted octanol–water partition coefficient (Wildman–Crippen LogP) is -1.73. The molecule has 0 N–H and O–H groups in total. The summed E-state index contributed by atoms with van der Waals surface area (Å²) in [5.74, 6) is -5.00. The van der Waals surface area contributed by atoms with Crippen molar-refractivity contribution in [3.8, 4) is 0 Å². The van der Waals surface area contributed by atoms with E-state index in [0.29, 0.717) is 83.9 Å². The molecule has 292 valence electrons. The zero-order valence-corrected chi connectivity index (χ0v) is 53.5. The zero-order valence-electron chi connectivity index (χ0n) is 35.3.